The number of hydrogen-bond donors (Lipinski definition) is 0. The zero-order chi connectivity index (χ0) is 47.8. The molecule has 8 aromatic rings. The van der Waals surface area contributed by atoms with Gasteiger partial charge in [-0.1, -0.05) is 171 Å². The summed E-state index contributed by atoms with van der Waals surface area (Å²) < 4.78 is 9.11. The molecule has 6 aromatic carbocycles. The molecule has 7 heteroatoms. The molecule has 0 amide bonds. The van der Waals surface area contributed by atoms with Gasteiger partial charge >= 0.3 is 6.85 Å². The lowest BCUT2D eigenvalue weighted by Gasteiger charge is -2.40. The van der Waals surface area contributed by atoms with Crippen LogP contribution in [-0.2, 0) is 16.2 Å². The number of ether oxygens (including phenoxy) is 1. The molecule has 0 saturated carbocycles. The Hall–Kier alpha value is -7.51. The summed E-state index contributed by atoms with van der Waals surface area (Å²) in [7, 11) is 0. The summed E-state index contributed by atoms with van der Waals surface area (Å²) in [5.41, 5.74) is 14.1. The Kier molecular flexibility index (Phi) is 10.6. The molecule has 6 nitrogen and oxygen atoms in total. The van der Waals surface area contributed by atoms with Gasteiger partial charge in [-0.2, -0.15) is 0 Å². The van der Waals surface area contributed by atoms with E-state index in [0.717, 1.165) is 56.6 Å². The largest absolute Gasteiger partial charge is 0.457 e. The van der Waals surface area contributed by atoms with E-state index in [2.05, 4.69) is 263 Å². The molecule has 0 fully saturated rings. The summed E-state index contributed by atoms with van der Waals surface area (Å²) in [6.07, 6.45) is 8.92. The van der Waals surface area contributed by atoms with Crippen molar-refractivity contribution >= 4 is 56.9 Å². The molecule has 0 N–H and O–H groups in total. The van der Waals surface area contributed by atoms with E-state index in [4.69, 9.17) is 9.72 Å². The van der Waals surface area contributed by atoms with Gasteiger partial charge in [-0.15, -0.1) is 0 Å². The number of fused-ring (bicyclic) bond motifs is 5. The molecular weight excluding hydrogens is 842 g/mol. The van der Waals surface area contributed by atoms with Crippen molar-refractivity contribution < 1.29 is 4.74 Å². The number of aromatic nitrogens is 2. The first kappa shape index (κ1) is 44.0. The number of nitrogens with zero attached hydrogens (tertiary/aromatic N) is 5. The highest BCUT2D eigenvalue weighted by Gasteiger charge is 2.38. The maximum Gasteiger partial charge on any atom is 0.314 e. The van der Waals surface area contributed by atoms with E-state index >= 15 is 0 Å². The number of hydrogen-bond acceptors (Lipinski definition) is 5. The van der Waals surface area contributed by atoms with Crippen LogP contribution in [-0.4, -0.2) is 27.9 Å². The summed E-state index contributed by atoms with van der Waals surface area (Å²) >= 11 is 0. The lowest BCUT2D eigenvalue weighted by atomic mass is 9.56. The van der Waals surface area contributed by atoms with Gasteiger partial charge in [0.15, 0.2) is 0 Å². The van der Waals surface area contributed by atoms with Gasteiger partial charge < -0.3 is 19.3 Å². The molecule has 0 atom stereocenters. The number of rotatable bonds is 7. The molecule has 11 rings (SSSR count). The third-order valence-electron chi connectivity index (χ3n) is 14.0. The number of para-hydroxylation sites is 3. The van der Waals surface area contributed by atoms with Crippen molar-refractivity contribution in [3.8, 4) is 17.3 Å². The first-order valence-electron chi connectivity index (χ1n) is 24.3. The van der Waals surface area contributed by atoms with Crippen LogP contribution in [0.3, 0.4) is 0 Å². The van der Waals surface area contributed by atoms with Crippen LogP contribution in [0.25, 0.3) is 38.8 Å². The van der Waals surface area contributed by atoms with Crippen LogP contribution in [0.1, 0.15) is 90.1 Å². The minimum absolute atomic E-state index is 0.0141. The van der Waals surface area contributed by atoms with Crippen molar-refractivity contribution in [1.82, 2.24) is 14.4 Å². The van der Waals surface area contributed by atoms with E-state index in [9.17, 15) is 0 Å². The van der Waals surface area contributed by atoms with Gasteiger partial charge in [0, 0.05) is 46.6 Å². The maximum absolute atomic E-state index is 6.84. The average molecular weight is 902 g/mol. The van der Waals surface area contributed by atoms with E-state index in [0.29, 0.717) is 6.67 Å². The fraction of sp³-hybridized carbons (Fsp3) is 0.210. The van der Waals surface area contributed by atoms with Crippen molar-refractivity contribution in [3.05, 3.63) is 222 Å². The van der Waals surface area contributed by atoms with Crippen molar-refractivity contribution in [2.75, 3.05) is 16.5 Å². The van der Waals surface area contributed by atoms with E-state index < -0.39 is 0 Å². The summed E-state index contributed by atoms with van der Waals surface area (Å²) in [6, 6.07) is 54.7. The van der Waals surface area contributed by atoms with Gasteiger partial charge in [0.1, 0.15) is 29.8 Å². The van der Waals surface area contributed by atoms with Crippen LogP contribution >= 0.6 is 0 Å². The second-order valence-electron chi connectivity index (χ2n) is 21.9. The SMILES string of the molecule is CC(C)(C)c1cc(C2=C(N3CN(c4cccc(Oc5ccc6c7ccccc7n(-c7cc(C(C)(C)C)ccn7)c6c5)c4)c4ccccc43)N3C=C(c4ccccc4)C=CB3C=C2)cc(C(C)(C)C)c1. The zero-order valence-electron chi connectivity index (χ0n) is 41.3. The summed E-state index contributed by atoms with van der Waals surface area (Å²) in [4.78, 5) is 12.3. The zero-order valence-corrected chi connectivity index (χ0v) is 41.3. The number of benzene rings is 6. The second kappa shape index (κ2) is 16.6. The Morgan fingerprint density at radius 3 is 1.91 bits per heavy atom. The minimum atomic E-state index is -0.0323. The molecule has 0 radical (unpaired) electrons. The molecule has 3 aliphatic rings. The van der Waals surface area contributed by atoms with Crippen LogP contribution in [0.4, 0.5) is 17.1 Å². The highest BCUT2D eigenvalue weighted by Crippen LogP contribution is 2.48. The summed E-state index contributed by atoms with van der Waals surface area (Å²) in [5, 5.41) is 2.34. The third kappa shape index (κ3) is 8.14. The first-order valence-corrected chi connectivity index (χ1v) is 24.3. The van der Waals surface area contributed by atoms with Gasteiger partial charge in [0.25, 0.3) is 0 Å². The Morgan fingerprint density at radius 2 is 1.17 bits per heavy atom. The summed E-state index contributed by atoms with van der Waals surface area (Å²) in [6.45, 7) is 21.3. The molecule has 0 bridgehead atoms. The maximum atomic E-state index is 6.84. The minimum Gasteiger partial charge on any atom is -0.457 e. The molecule has 69 heavy (non-hydrogen) atoms. The van der Waals surface area contributed by atoms with Crippen molar-refractivity contribution in [1.29, 1.82) is 0 Å². The molecule has 2 aromatic heterocycles. The van der Waals surface area contributed by atoms with Gasteiger partial charge in [-0.3, -0.25) is 4.57 Å². The Bertz CT molecular complexity index is 3400. The molecule has 342 valence electrons. The van der Waals surface area contributed by atoms with Crippen LogP contribution in [0.2, 0.25) is 0 Å². The number of allylic oxidation sites excluding steroid dienone is 4. The average Bonchev–Trinajstić information content (AvgIpc) is 3.89. The fourth-order valence-electron chi connectivity index (χ4n) is 10.0. The van der Waals surface area contributed by atoms with Gasteiger partial charge in [0.05, 0.1) is 22.4 Å². The predicted octanol–water partition coefficient (Wildman–Crippen LogP) is 15.7. The predicted molar refractivity (Wildman–Crippen MR) is 291 cm³/mol. The highest BCUT2D eigenvalue weighted by molar-refractivity contribution is 6.68. The van der Waals surface area contributed by atoms with E-state index in [-0.39, 0.29) is 23.1 Å². The molecular formula is C62H60BN5O. The molecule has 0 spiro atoms. The van der Waals surface area contributed by atoms with Crippen LogP contribution < -0.4 is 14.5 Å². The smallest absolute Gasteiger partial charge is 0.314 e. The third-order valence-corrected chi connectivity index (χ3v) is 14.0. The number of pyridine rings is 1. The van der Waals surface area contributed by atoms with Gasteiger partial charge in [-0.25, -0.2) is 4.98 Å². The van der Waals surface area contributed by atoms with Gasteiger partial charge in [0.2, 0.25) is 0 Å². The topological polar surface area (TPSA) is 36.8 Å². The van der Waals surface area contributed by atoms with E-state index in [1.165, 1.54) is 44.3 Å². The molecule has 0 unspecified atom stereocenters. The fourth-order valence-corrected chi connectivity index (χ4v) is 10.0. The van der Waals surface area contributed by atoms with Crippen molar-refractivity contribution in [2.24, 2.45) is 0 Å². The standard InChI is InChI=1S/C62H60BN5O/c1-60(2,3)45-30-33-64-58(37-45)68-54-23-14-13-22-52(54)53-27-26-50(39-57(53)68)69-49-21-17-20-48(38-49)65-41-66(56-25-16-15-24-55(56)65)59-51(44-34-46(61(4,5)6)36-47(35-44)62(7,8)9)29-32-63-31-28-43(40-67(59)63)42-18-11-10-12-19-42/h10-40H,41H2,1-9H3. The highest BCUT2D eigenvalue weighted by atomic mass is 16.5. The molecule has 0 saturated heterocycles. The van der Waals surface area contributed by atoms with Crippen LogP contribution in [0.15, 0.2) is 194 Å². The Morgan fingerprint density at radius 1 is 0.522 bits per heavy atom. The van der Waals surface area contributed by atoms with Crippen molar-refractivity contribution in [2.45, 2.75) is 78.6 Å². The van der Waals surface area contributed by atoms with Crippen LogP contribution in [0, 0.1) is 0 Å². The first-order chi connectivity index (χ1) is 33.1. The monoisotopic (exact) mass is 901 g/mol. The molecule has 3 aliphatic heterocycles. The molecule has 0 aliphatic carbocycles. The lowest BCUT2D eigenvalue weighted by Crippen LogP contribution is -2.44. The normalized spacial score (nSPS) is 15.1. The van der Waals surface area contributed by atoms with Gasteiger partial charge in [-0.05, 0) is 104 Å². The summed E-state index contributed by atoms with van der Waals surface area (Å²) in [5.74, 6) is 8.26. The lowest BCUT2D eigenvalue weighted by molar-refractivity contribution is 0.483. The second-order valence-corrected chi connectivity index (χ2v) is 21.9. The van der Waals surface area contributed by atoms with Crippen molar-refractivity contribution in [3.63, 3.8) is 0 Å². The quantitative estimate of drug-likeness (QED) is 0.149. The van der Waals surface area contributed by atoms with E-state index in [1.54, 1.807) is 0 Å². The Balaban J connectivity index is 1.00. The van der Waals surface area contributed by atoms with Crippen LogP contribution in [0.5, 0.6) is 11.5 Å². The Labute approximate surface area is 408 Å². The van der Waals surface area contributed by atoms with E-state index in [1.807, 2.05) is 6.20 Å². The molecule has 5 heterocycles. The number of anilines is 3.